The molecule has 1 fully saturated rings. The molecule has 1 aliphatic rings. The Kier molecular flexibility index (Phi) is 4.98. The predicted octanol–water partition coefficient (Wildman–Crippen LogP) is 0.480. The van der Waals surface area contributed by atoms with E-state index in [1.54, 1.807) is 43.2 Å². The largest absolute Gasteiger partial charge is 0.497 e. The molecule has 2 rings (SSSR count). The summed E-state index contributed by atoms with van der Waals surface area (Å²) < 4.78 is 9.75. The third kappa shape index (κ3) is 3.55. The topological polar surface area (TPSA) is 84.9 Å². The molecule has 22 heavy (non-hydrogen) atoms. The van der Waals surface area contributed by atoms with Crippen molar-refractivity contribution in [2.75, 3.05) is 25.2 Å². The number of ether oxygens (including phenoxy) is 2. The Morgan fingerprint density at radius 3 is 2.86 bits per heavy atom. The summed E-state index contributed by atoms with van der Waals surface area (Å²) in [4.78, 5) is 36.5. The standard InChI is InChI=1S/C15H18N2O5/c1-3-22-15(20)14(19)16-10-7-13(18)17(9-10)11-5-4-6-12(8-11)21-2/h4-6,8,10H,3,7,9H2,1-2H3,(H,16,19)/t10-/m1/s1. The maximum absolute atomic E-state index is 12.1. The SMILES string of the molecule is CCOC(=O)C(=O)N[C@@H]1CC(=O)N(c2cccc(OC)c2)C1. The maximum atomic E-state index is 12.1. The molecule has 0 saturated carbocycles. The van der Waals surface area contributed by atoms with Crippen LogP contribution in [0.1, 0.15) is 13.3 Å². The highest BCUT2D eigenvalue weighted by molar-refractivity contribution is 6.32. The number of anilines is 1. The molecule has 1 N–H and O–H groups in total. The lowest BCUT2D eigenvalue weighted by molar-refractivity contribution is -0.154. The Balaban J connectivity index is 2.01. The van der Waals surface area contributed by atoms with E-state index in [1.165, 1.54) is 0 Å². The summed E-state index contributed by atoms with van der Waals surface area (Å²) in [6, 6.07) is 6.68. The van der Waals surface area contributed by atoms with Crippen LogP contribution in [0.15, 0.2) is 24.3 Å². The molecule has 0 aromatic heterocycles. The second kappa shape index (κ2) is 6.93. The molecule has 2 amide bonds. The van der Waals surface area contributed by atoms with Gasteiger partial charge in [0.2, 0.25) is 5.91 Å². The fourth-order valence-electron chi connectivity index (χ4n) is 2.27. The molecule has 1 aromatic rings. The Morgan fingerprint density at radius 1 is 1.41 bits per heavy atom. The van der Waals surface area contributed by atoms with Gasteiger partial charge in [-0.05, 0) is 19.1 Å². The van der Waals surface area contributed by atoms with Gasteiger partial charge in [-0.1, -0.05) is 6.07 Å². The van der Waals surface area contributed by atoms with Crippen LogP contribution < -0.4 is 15.0 Å². The molecule has 1 aromatic carbocycles. The van der Waals surface area contributed by atoms with Crippen LogP contribution in [-0.4, -0.2) is 44.1 Å². The lowest BCUT2D eigenvalue weighted by Gasteiger charge is -2.17. The third-order valence-corrected chi connectivity index (χ3v) is 3.29. The minimum atomic E-state index is -0.935. The van der Waals surface area contributed by atoms with Crippen LogP contribution in [0.25, 0.3) is 0 Å². The lowest BCUT2D eigenvalue weighted by atomic mass is 10.2. The molecule has 0 radical (unpaired) electrons. The number of nitrogens with one attached hydrogen (secondary N) is 1. The summed E-state index contributed by atoms with van der Waals surface area (Å²) in [5, 5.41) is 2.51. The number of rotatable bonds is 4. The van der Waals surface area contributed by atoms with Crippen molar-refractivity contribution >= 4 is 23.5 Å². The van der Waals surface area contributed by atoms with Gasteiger partial charge in [0.25, 0.3) is 0 Å². The van der Waals surface area contributed by atoms with Crippen molar-refractivity contribution in [3.63, 3.8) is 0 Å². The summed E-state index contributed by atoms with van der Waals surface area (Å²) >= 11 is 0. The Hall–Kier alpha value is -2.57. The normalized spacial score (nSPS) is 17.3. The molecule has 118 valence electrons. The number of benzene rings is 1. The van der Waals surface area contributed by atoms with E-state index in [0.29, 0.717) is 18.0 Å². The molecule has 0 spiro atoms. The fraction of sp³-hybridized carbons (Fsp3) is 0.400. The zero-order valence-corrected chi connectivity index (χ0v) is 12.5. The first kappa shape index (κ1) is 15.8. The average Bonchev–Trinajstić information content (AvgIpc) is 2.88. The van der Waals surface area contributed by atoms with Gasteiger partial charge in [0, 0.05) is 24.7 Å². The van der Waals surface area contributed by atoms with Crippen LogP contribution in [0, 0.1) is 0 Å². The Bertz CT molecular complexity index is 587. The minimum absolute atomic E-state index is 0.123. The van der Waals surface area contributed by atoms with E-state index in [9.17, 15) is 14.4 Å². The van der Waals surface area contributed by atoms with Crippen molar-refractivity contribution in [1.29, 1.82) is 0 Å². The zero-order chi connectivity index (χ0) is 16.1. The van der Waals surface area contributed by atoms with E-state index in [2.05, 4.69) is 10.1 Å². The first-order chi connectivity index (χ1) is 10.5. The highest BCUT2D eigenvalue weighted by Crippen LogP contribution is 2.25. The first-order valence-electron chi connectivity index (χ1n) is 6.97. The molecule has 1 heterocycles. The van der Waals surface area contributed by atoms with Crippen molar-refractivity contribution < 1.29 is 23.9 Å². The highest BCUT2D eigenvalue weighted by atomic mass is 16.5. The van der Waals surface area contributed by atoms with Crippen molar-refractivity contribution in [3.05, 3.63) is 24.3 Å². The average molecular weight is 306 g/mol. The van der Waals surface area contributed by atoms with E-state index < -0.39 is 17.9 Å². The van der Waals surface area contributed by atoms with Crippen molar-refractivity contribution in [3.8, 4) is 5.75 Å². The van der Waals surface area contributed by atoms with Gasteiger partial charge in [-0.25, -0.2) is 4.79 Å². The Labute approximate surface area is 128 Å². The number of hydrogen-bond acceptors (Lipinski definition) is 5. The van der Waals surface area contributed by atoms with E-state index in [1.807, 2.05) is 0 Å². The highest BCUT2D eigenvalue weighted by Gasteiger charge is 2.33. The minimum Gasteiger partial charge on any atom is -0.497 e. The molecule has 7 heteroatoms. The molecule has 1 aliphatic heterocycles. The number of carbonyl (C=O) groups is 3. The monoisotopic (exact) mass is 306 g/mol. The summed E-state index contributed by atoms with van der Waals surface area (Å²) in [6.07, 6.45) is 0.141. The van der Waals surface area contributed by atoms with Gasteiger partial charge in [-0.2, -0.15) is 0 Å². The molecule has 1 saturated heterocycles. The van der Waals surface area contributed by atoms with Gasteiger partial charge in [0.1, 0.15) is 5.75 Å². The summed E-state index contributed by atoms with van der Waals surface area (Å²) in [7, 11) is 1.55. The van der Waals surface area contributed by atoms with Crippen LogP contribution in [0.3, 0.4) is 0 Å². The van der Waals surface area contributed by atoms with Crippen LogP contribution >= 0.6 is 0 Å². The predicted molar refractivity (Wildman–Crippen MR) is 78.5 cm³/mol. The van der Waals surface area contributed by atoms with Gasteiger partial charge in [-0.3, -0.25) is 9.59 Å². The Morgan fingerprint density at radius 2 is 2.18 bits per heavy atom. The van der Waals surface area contributed by atoms with Gasteiger partial charge >= 0.3 is 11.9 Å². The smallest absolute Gasteiger partial charge is 0.396 e. The number of esters is 1. The molecule has 7 nitrogen and oxygen atoms in total. The number of amides is 2. The summed E-state index contributed by atoms with van der Waals surface area (Å²) in [5.41, 5.74) is 0.692. The zero-order valence-electron chi connectivity index (χ0n) is 12.5. The van der Waals surface area contributed by atoms with Crippen LogP contribution in [0.4, 0.5) is 5.69 Å². The van der Waals surface area contributed by atoms with Crippen LogP contribution in [-0.2, 0) is 19.1 Å². The second-order valence-corrected chi connectivity index (χ2v) is 4.80. The van der Waals surface area contributed by atoms with Crippen LogP contribution in [0.5, 0.6) is 5.75 Å². The molecular formula is C15H18N2O5. The maximum Gasteiger partial charge on any atom is 0.396 e. The van der Waals surface area contributed by atoms with Gasteiger partial charge in [0.05, 0.1) is 19.8 Å². The van der Waals surface area contributed by atoms with E-state index in [-0.39, 0.29) is 18.9 Å². The van der Waals surface area contributed by atoms with Gasteiger partial charge in [-0.15, -0.1) is 0 Å². The molecule has 0 bridgehead atoms. The lowest BCUT2D eigenvalue weighted by Crippen LogP contribution is -2.41. The quantitative estimate of drug-likeness (QED) is 0.646. The summed E-state index contributed by atoms with van der Waals surface area (Å²) in [5.74, 6) is -1.24. The van der Waals surface area contributed by atoms with Crippen LogP contribution in [0.2, 0.25) is 0 Å². The number of methoxy groups -OCH3 is 1. The summed E-state index contributed by atoms with van der Waals surface area (Å²) in [6.45, 7) is 2.05. The number of nitrogens with zero attached hydrogens (tertiary/aromatic N) is 1. The van der Waals surface area contributed by atoms with E-state index in [0.717, 1.165) is 0 Å². The fourth-order valence-corrected chi connectivity index (χ4v) is 2.27. The molecule has 0 unspecified atom stereocenters. The first-order valence-corrected chi connectivity index (χ1v) is 6.97. The van der Waals surface area contributed by atoms with Gasteiger partial charge in [0.15, 0.2) is 0 Å². The second-order valence-electron chi connectivity index (χ2n) is 4.80. The number of hydrogen-bond donors (Lipinski definition) is 1. The molecule has 1 atom stereocenters. The third-order valence-electron chi connectivity index (χ3n) is 3.29. The van der Waals surface area contributed by atoms with E-state index >= 15 is 0 Å². The molecule has 0 aliphatic carbocycles. The van der Waals surface area contributed by atoms with Gasteiger partial charge < -0.3 is 19.7 Å². The van der Waals surface area contributed by atoms with Crippen molar-refractivity contribution in [2.45, 2.75) is 19.4 Å². The van der Waals surface area contributed by atoms with E-state index in [4.69, 9.17) is 4.74 Å². The van der Waals surface area contributed by atoms with Crippen molar-refractivity contribution in [1.82, 2.24) is 5.32 Å². The molecular weight excluding hydrogens is 288 g/mol. The van der Waals surface area contributed by atoms with Crippen molar-refractivity contribution in [2.24, 2.45) is 0 Å². The number of carbonyl (C=O) groups excluding carboxylic acids is 3.